The first-order valence-electron chi connectivity index (χ1n) is 11.5. The molecular weight excluding hydrogens is 460 g/mol. The van der Waals surface area contributed by atoms with Crippen LogP contribution in [-0.2, 0) is 0 Å². The van der Waals surface area contributed by atoms with Crippen LogP contribution >= 0.6 is 11.8 Å². The lowest BCUT2D eigenvalue weighted by molar-refractivity contribution is 0.0931. The number of rotatable bonds is 5. The average molecular weight is 483 g/mol. The molecule has 2 amide bonds. The van der Waals surface area contributed by atoms with Crippen molar-refractivity contribution in [1.29, 1.82) is 0 Å². The van der Waals surface area contributed by atoms with Crippen LogP contribution in [0.25, 0.3) is 11.4 Å². The third-order valence-electron chi connectivity index (χ3n) is 6.14. The highest BCUT2D eigenvalue weighted by Crippen LogP contribution is 2.46. The lowest BCUT2D eigenvalue weighted by Crippen LogP contribution is -2.32. The van der Waals surface area contributed by atoms with Gasteiger partial charge in [-0.2, -0.15) is 4.98 Å². The molecule has 6 rings (SSSR count). The number of benzene rings is 3. The van der Waals surface area contributed by atoms with Gasteiger partial charge in [-0.05, 0) is 62.2 Å². The zero-order valence-corrected chi connectivity index (χ0v) is 19.8. The Morgan fingerprint density at radius 2 is 1.83 bits per heavy atom. The summed E-state index contributed by atoms with van der Waals surface area (Å²) in [4.78, 5) is 34.2. The van der Waals surface area contributed by atoms with E-state index in [2.05, 4.69) is 15.5 Å². The summed E-state index contributed by atoms with van der Waals surface area (Å²) in [7, 11) is 0. The monoisotopic (exact) mass is 482 g/mol. The Balaban J connectivity index is 1.29. The van der Waals surface area contributed by atoms with E-state index in [9.17, 15) is 9.59 Å². The standard InChI is InChI=1S/C27H22N4O3S/c1-16(28-25(32)17-7-3-2-4-8-17)26-29-24(30-34-26)18-11-14-21-23(15-18)35-22-10-6-5-9-20(22)27(33)31(21)19-12-13-19/h2-11,14-16,19H,12-13H2,1H3,(H,28,32). The Bertz CT molecular complexity index is 1430. The van der Waals surface area contributed by atoms with Crippen LogP contribution in [0.1, 0.15) is 52.4 Å². The Morgan fingerprint density at radius 1 is 1.06 bits per heavy atom. The van der Waals surface area contributed by atoms with Crippen LogP contribution < -0.4 is 10.2 Å². The highest BCUT2D eigenvalue weighted by atomic mass is 32.2. The number of aromatic nitrogens is 2. The second-order valence-electron chi connectivity index (χ2n) is 8.70. The number of anilines is 1. The van der Waals surface area contributed by atoms with Crippen molar-refractivity contribution in [2.24, 2.45) is 0 Å². The van der Waals surface area contributed by atoms with E-state index in [1.807, 2.05) is 65.6 Å². The number of nitrogens with one attached hydrogen (secondary N) is 1. The predicted molar refractivity (Wildman–Crippen MR) is 132 cm³/mol. The smallest absolute Gasteiger partial charge is 0.259 e. The number of carbonyl (C=O) groups excluding carboxylic acids is 2. The summed E-state index contributed by atoms with van der Waals surface area (Å²) in [6.45, 7) is 1.81. The topological polar surface area (TPSA) is 88.3 Å². The molecule has 1 unspecified atom stereocenters. The van der Waals surface area contributed by atoms with Gasteiger partial charge in [-0.3, -0.25) is 9.59 Å². The molecule has 1 N–H and O–H groups in total. The van der Waals surface area contributed by atoms with Gasteiger partial charge in [0, 0.05) is 27.0 Å². The van der Waals surface area contributed by atoms with Crippen molar-refractivity contribution in [2.45, 2.75) is 41.6 Å². The summed E-state index contributed by atoms with van der Waals surface area (Å²) in [6, 6.07) is 22.4. The van der Waals surface area contributed by atoms with Crippen LogP contribution in [0, 0.1) is 0 Å². The maximum absolute atomic E-state index is 13.3. The first-order valence-corrected chi connectivity index (χ1v) is 12.3. The van der Waals surface area contributed by atoms with Gasteiger partial charge in [0.05, 0.1) is 11.3 Å². The molecule has 3 aromatic carbocycles. The minimum atomic E-state index is -0.450. The van der Waals surface area contributed by atoms with Gasteiger partial charge >= 0.3 is 0 Å². The van der Waals surface area contributed by atoms with Crippen molar-refractivity contribution >= 4 is 29.3 Å². The molecule has 1 aromatic heterocycles. The molecule has 1 aliphatic heterocycles. The fourth-order valence-corrected chi connectivity index (χ4v) is 5.28. The van der Waals surface area contributed by atoms with Crippen LogP contribution in [0.5, 0.6) is 0 Å². The molecule has 1 saturated carbocycles. The lowest BCUT2D eigenvalue weighted by Gasteiger charge is -2.22. The summed E-state index contributed by atoms with van der Waals surface area (Å²) >= 11 is 1.58. The average Bonchev–Trinajstić information content (AvgIpc) is 3.61. The molecule has 174 valence electrons. The fraction of sp³-hybridized carbons (Fsp3) is 0.185. The van der Waals surface area contributed by atoms with Gasteiger partial charge in [0.2, 0.25) is 11.7 Å². The Morgan fingerprint density at radius 3 is 2.63 bits per heavy atom. The van der Waals surface area contributed by atoms with Crippen molar-refractivity contribution in [3.05, 3.63) is 89.8 Å². The highest BCUT2D eigenvalue weighted by Gasteiger charge is 2.38. The van der Waals surface area contributed by atoms with E-state index in [0.29, 0.717) is 17.3 Å². The number of hydrogen-bond acceptors (Lipinski definition) is 6. The number of amides is 2. The molecule has 1 fully saturated rings. The number of fused-ring (bicyclic) bond motifs is 2. The molecule has 8 heteroatoms. The van der Waals surface area contributed by atoms with E-state index in [1.54, 1.807) is 30.8 Å². The largest absolute Gasteiger partial charge is 0.341 e. The third kappa shape index (κ3) is 4.10. The molecule has 1 aliphatic carbocycles. The fourth-order valence-electron chi connectivity index (χ4n) is 4.18. The second kappa shape index (κ2) is 8.70. The maximum Gasteiger partial charge on any atom is 0.259 e. The van der Waals surface area contributed by atoms with Crippen LogP contribution in [0.4, 0.5) is 5.69 Å². The number of nitrogens with zero attached hydrogens (tertiary/aromatic N) is 3. The molecule has 7 nitrogen and oxygen atoms in total. The summed E-state index contributed by atoms with van der Waals surface area (Å²) in [5.41, 5.74) is 2.99. The minimum Gasteiger partial charge on any atom is -0.341 e. The Labute approximate surface area is 206 Å². The molecule has 2 heterocycles. The van der Waals surface area contributed by atoms with Gasteiger partial charge in [-0.25, -0.2) is 0 Å². The van der Waals surface area contributed by atoms with Gasteiger partial charge < -0.3 is 14.7 Å². The minimum absolute atomic E-state index is 0.0481. The van der Waals surface area contributed by atoms with Crippen molar-refractivity contribution in [3.8, 4) is 11.4 Å². The molecule has 4 aromatic rings. The Hall–Kier alpha value is -3.91. The molecule has 0 bridgehead atoms. The van der Waals surface area contributed by atoms with E-state index in [1.165, 1.54) is 0 Å². The SMILES string of the molecule is CC(NC(=O)c1ccccc1)c1nc(-c2ccc3c(c2)Sc2ccccc2C(=O)N3C2CC2)no1. The number of carbonyl (C=O) groups is 2. The molecule has 2 aliphatic rings. The summed E-state index contributed by atoms with van der Waals surface area (Å²) in [6.07, 6.45) is 2.03. The van der Waals surface area contributed by atoms with E-state index >= 15 is 0 Å². The van der Waals surface area contributed by atoms with Crippen LogP contribution in [0.15, 0.2) is 87.1 Å². The summed E-state index contributed by atoms with van der Waals surface area (Å²) < 4.78 is 5.48. The Kier molecular flexibility index (Phi) is 5.37. The van der Waals surface area contributed by atoms with Gasteiger partial charge in [0.1, 0.15) is 6.04 Å². The van der Waals surface area contributed by atoms with Gasteiger partial charge in [0.25, 0.3) is 11.8 Å². The lowest BCUT2D eigenvalue weighted by atomic mass is 10.1. The van der Waals surface area contributed by atoms with E-state index in [0.717, 1.165) is 39.4 Å². The predicted octanol–water partition coefficient (Wildman–Crippen LogP) is 5.50. The second-order valence-corrected chi connectivity index (χ2v) is 9.79. The molecule has 0 saturated heterocycles. The normalized spacial score (nSPS) is 15.7. The maximum atomic E-state index is 13.3. The van der Waals surface area contributed by atoms with Gasteiger partial charge in [0.15, 0.2) is 0 Å². The first kappa shape index (κ1) is 21.6. The van der Waals surface area contributed by atoms with Crippen molar-refractivity contribution in [2.75, 3.05) is 4.90 Å². The quantitative estimate of drug-likeness (QED) is 0.404. The van der Waals surface area contributed by atoms with Crippen molar-refractivity contribution in [1.82, 2.24) is 15.5 Å². The first-order chi connectivity index (χ1) is 17.1. The third-order valence-corrected chi connectivity index (χ3v) is 7.26. The van der Waals surface area contributed by atoms with Crippen LogP contribution in [0.2, 0.25) is 0 Å². The van der Waals surface area contributed by atoms with E-state index in [4.69, 9.17) is 4.52 Å². The summed E-state index contributed by atoms with van der Waals surface area (Å²) in [5, 5.41) is 7.05. The van der Waals surface area contributed by atoms with Crippen molar-refractivity contribution < 1.29 is 14.1 Å². The summed E-state index contributed by atoms with van der Waals surface area (Å²) in [5.74, 6) is 0.604. The van der Waals surface area contributed by atoms with E-state index in [-0.39, 0.29) is 17.9 Å². The van der Waals surface area contributed by atoms with Crippen LogP contribution in [-0.4, -0.2) is 28.0 Å². The van der Waals surface area contributed by atoms with E-state index < -0.39 is 6.04 Å². The highest BCUT2D eigenvalue weighted by molar-refractivity contribution is 7.99. The zero-order valence-electron chi connectivity index (χ0n) is 19.0. The van der Waals surface area contributed by atoms with Crippen molar-refractivity contribution in [3.63, 3.8) is 0 Å². The molecule has 0 radical (unpaired) electrons. The number of hydrogen-bond donors (Lipinski definition) is 1. The van der Waals surface area contributed by atoms with Crippen LogP contribution in [0.3, 0.4) is 0 Å². The molecule has 1 atom stereocenters. The molecule has 35 heavy (non-hydrogen) atoms. The van der Waals surface area contributed by atoms with Gasteiger partial charge in [-0.15, -0.1) is 0 Å². The zero-order chi connectivity index (χ0) is 23.9. The molecular formula is C27H22N4O3S. The molecule has 0 spiro atoms. The van der Waals surface area contributed by atoms with Gasteiger partial charge in [-0.1, -0.05) is 47.3 Å².